The fourth-order valence-corrected chi connectivity index (χ4v) is 2.55. The summed E-state index contributed by atoms with van der Waals surface area (Å²) in [6.07, 6.45) is 4.43. The Hall–Kier alpha value is -3.21. The van der Waals surface area contributed by atoms with Gasteiger partial charge in [0.25, 0.3) is 5.91 Å². The predicted molar refractivity (Wildman–Crippen MR) is 105 cm³/mol. The number of nitrogens with zero attached hydrogens (tertiary/aromatic N) is 3. The SMILES string of the molecule is C=N[C@@](C)(/C=C\OCN)c1cc(NC(=O)c2ccc(C#N)cn2)ccc1Cl. The van der Waals surface area contributed by atoms with Crippen molar-refractivity contribution in [3.8, 4) is 6.07 Å². The number of aliphatic imine (C=N–C) groups is 1. The van der Waals surface area contributed by atoms with Crippen molar-refractivity contribution in [2.24, 2.45) is 10.7 Å². The molecule has 0 saturated heterocycles. The minimum absolute atomic E-state index is 0.0329. The molecule has 1 aromatic heterocycles. The van der Waals surface area contributed by atoms with E-state index in [-0.39, 0.29) is 12.4 Å². The number of ether oxygens (including phenoxy) is 1. The van der Waals surface area contributed by atoms with Crippen LogP contribution in [0.3, 0.4) is 0 Å². The van der Waals surface area contributed by atoms with Crippen LogP contribution in [0, 0.1) is 11.3 Å². The molecule has 8 heteroatoms. The summed E-state index contributed by atoms with van der Waals surface area (Å²) in [5.74, 6) is -0.414. The van der Waals surface area contributed by atoms with E-state index in [0.29, 0.717) is 21.8 Å². The van der Waals surface area contributed by atoms with Crippen molar-refractivity contribution in [1.29, 1.82) is 5.26 Å². The summed E-state index contributed by atoms with van der Waals surface area (Å²) in [4.78, 5) is 20.5. The van der Waals surface area contributed by atoms with E-state index in [1.807, 2.05) is 6.07 Å². The second-order valence-electron chi connectivity index (χ2n) is 5.63. The van der Waals surface area contributed by atoms with Crippen LogP contribution in [0.1, 0.15) is 28.5 Å². The zero-order valence-electron chi connectivity index (χ0n) is 14.6. The fraction of sp³-hybridized carbons (Fsp3) is 0.158. The first-order valence-electron chi connectivity index (χ1n) is 7.88. The lowest BCUT2D eigenvalue weighted by Gasteiger charge is -2.23. The Morgan fingerprint density at radius 1 is 1.52 bits per heavy atom. The molecule has 27 heavy (non-hydrogen) atoms. The minimum Gasteiger partial charge on any atom is -0.486 e. The number of halogens is 1. The maximum Gasteiger partial charge on any atom is 0.274 e. The molecule has 1 heterocycles. The molecule has 0 saturated carbocycles. The molecule has 0 aliphatic heterocycles. The van der Waals surface area contributed by atoms with Crippen molar-refractivity contribution in [2.45, 2.75) is 12.5 Å². The van der Waals surface area contributed by atoms with E-state index >= 15 is 0 Å². The fourth-order valence-electron chi connectivity index (χ4n) is 2.24. The summed E-state index contributed by atoms with van der Waals surface area (Å²) in [7, 11) is 0. The smallest absolute Gasteiger partial charge is 0.274 e. The molecule has 0 unspecified atom stereocenters. The highest BCUT2D eigenvalue weighted by Crippen LogP contribution is 2.34. The van der Waals surface area contributed by atoms with Crippen LogP contribution in [-0.4, -0.2) is 24.3 Å². The third-order valence-corrected chi connectivity index (χ3v) is 4.14. The molecule has 3 N–H and O–H groups in total. The average molecular weight is 384 g/mol. The Morgan fingerprint density at radius 2 is 2.30 bits per heavy atom. The first-order chi connectivity index (χ1) is 12.9. The first kappa shape index (κ1) is 20.1. The number of carbonyl (C=O) groups is 1. The van der Waals surface area contributed by atoms with Crippen LogP contribution in [0.25, 0.3) is 0 Å². The standard InChI is InChI=1S/C19H18ClN5O2/c1-19(23-2,7-8-27-12-22)15-9-14(4-5-16(15)20)25-18(26)17-6-3-13(10-21)11-24-17/h3-9,11H,2,12,22H2,1H3,(H,25,26)/b8-7-/t19-/m0/s1. The topological polar surface area (TPSA) is 113 Å². The van der Waals surface area contributed by atoms with Gasteiger partial charge in [-0.3, -0.25) is 15.5 Å². The predicted octanol–water partition coefficient (Wildman–Crippen LogP) is 3.22. The summed E-state index contributed by atoms with van der Waals surface area (Å²) in [5.41, 5.74) is 6.12. The van der Waals surface area contributed by atoms with Gasteiger partial charge in [0, 0.05) is 22.5 Å². The number of nitrogens with one attached hydrogen (secondary N) is 1. The highest BCUT2D eigenvalue weighted by atomic mass is 35.5. The van der Waals surface area contributed by atoms with Gasteiger partial charge in [0.05, 0.1) is 11.8 Å². The molecule has 7 nitrogen and oxygen atoms in total. The summed E-state index contributed by atoms with van der Waals surface area (Å²) in [6.45, 7) is 5.44. The second-order valence-corrected chi connectivity index (χ2v) is 6.04. The summed E-state index contributed by atoms with van der Waals surface area (Å²) in [6, 6.07) is 9.97. The Balaban J connectivity index is 2.29. The largest absolute Gasteiger partial charge is 0.486 e. The minimum atomic E-state index is -0.875. The molecule has 0 fully saturated rings. The van der Waals surface area contributed by atoms with Crippen molar-refractivity contribution in [3.63, 3.8) is 0 Å². The maximum absolute atomic E-state index is 12.4. The highest BCUT2D eigenvalue weighted by Gasteiger charge is 2.25. The Kier molecular flexibility index (Phi) is 6.66. The van der Waals surface area contributed by atoms with Gasteiger partial charge in [-0.25, -0.2) is 4.98 Å². The second kappa shape index (κ2) is 8.94. The average Bonchev–Trinajstić information content (AvgIpc) is 2.69. The lowest BCUT2D eigenvalue weighted by molar-refractivity contribution is 0.102. The zero-order chi connectivity index (χ0) is 19.9. The number of rotatable bonds is 7. The molecular weight excluding hydrogens is 366 g/mol. The zero-order valence-corrected chi connectivity index (χ0v) is 15.4. The molecule has 1 atom stereocenters. The number of benzene rings is 1. The molecule has 1 amide bonds. The molecule has 0 bridgehead atoms. The number of nitriles is 1. The summed E-state index contributed by atoms with van der Waals surface area (Å²) < 4.78 is 5.03. The molecule has 0 aliphatic carbocycles. The molecular formula is C19H18ClN5O2. The first-order valence-corrected chi connectivity index (χ1v) is 8.26. The number of hydrogen-bond donors (Lipinski definition) is 2. The quantitative estimate of drug-likeness (QED) is 0.433. The molecule has 0 spiro atoms. The van der Waals surface area contributed by atoms with E-state index in [9.17, 15) is 4.79 Å². The Bertz CT molecular complexity index is 905. The van der Waals surface area contributed by atoms with Gasteiger partial charge >= 0.3 is 0 Å². The molecule has 1 aromatic carbocycles. The van der Waals surface area contributed by atoms with Crippen LogP contribution in [0.2, 0.25) is 5.02 Å². The number of hydrogen-bond acceptors (Lipinski definition) is 6. The van der Waals surface area contributed by atoms with Gasteiger partial charge in [0.2, 0.25) is 0 Å². The van der Waals surface area contributed by atoms with Gasteiger partial charge in [-0.05, 0) is 50.0 Å². The molecule has 2 aromatic rings. The highest BCUT2D eigenvalue weighted by molar-refractivity contribution is 6.31. The summed E-state index contributed by atoms with van der Waals surface area (Å²) in [5, 5.41) is 12.0. The van der Waals surface area contributed by atoms with Crippen LogP contribution < -0.4 is 11.1 Å². The van der Waals surface area contributed by atoms with Gasteiger partial charge in [0.1, 0.15) is 24.0 Å². The Morgan fingerprint density at radius 3 is 2.89 bits per heavy atom. The van der Waals surface area contributed by atoms with Crippen LogP contribution >= 0.6 is 11.6 Å². The van der Waals surface area contributed by atoms with Crippen molar-refractivity contribution >= 4 is 29.9 Å². The van der Waals surface area contributed by atoms with Crippen molar-refractivity contribution in [2.75, 3.05) is 12.0 Å². The number of carbonyl (C=O) groups excluding carboxylic acids is 1. The van der Waals surface area contributed by atoms with E-state index in [4.69, 9.17) is 27.3 Å². The molecule has 0 radical (unpaired) electrons. The van der Waals surface area contributed by atoms with Gasteiger partial charge in [0.15, 0.2) is 0 Å². The normalized spacial score (nSPS) is 12.8. The number of pyridine rings is 1. The van der Waals surface area contributed by atoms with Crippen LogP contribution in [0.4, 0.5) is 5.69 Å². The third-order valence-electron chi connectivity index (χ3n) is 3.81. The van der Waals surface area contributed by atoms with Gasteiger partial charge in [-0.2, -0.15) is 5.26 Å². The van der Waals surface area contributed by atoms with E-state index in [1.165, 1.54) is 24.6 Å². The van der Waals surface area contributed by atoms with Crippen LogP contribution in [0.5, 0.6) is 0 Å². The lowest BCUT2D eigenvalue weighted by atomic mass is 9.92. The third kappa shape index (κ3) is 4.91. The monoisotopic (exact) mass is 383 g/mol. The number of amides is 1. The van der Waals surface area contributed by atoms with Crippen molar-refractivity contribution in [3.05, 3.63) is 70.7 Å². The maximum atomic E-state index is 12.4. The van der Waals surface area contributed by atoms with Gasteiger partial charge < -0.3 is 10.1 Å². The van der Waals surface area contributed by atoms with Gasteiger partial charge in [-0.1, -0.05) is 11.6 Å². The lowest BCUT2D eigenvalue weighted by Crippen LogP contribution is -2.18. The molecule has 138 valence electrons. The number of aromatic nitrogens is 1. The van der Waals surface area contributed by atoms with E-state index in [0.717, 1.165) is 0 Å². The van der Waals surface area contributed by atoms with Crippen LogP contribution in [-0.2, 0) is 10.3 Å². The van der Waals surface area contributed by atoms with E-state index < -0.39 is 11.4 Å². The van der Waals surface area contributed by atoms with E-state index in [2.05, 4.69) is 22.0 Å². The van der Waals surface area contributed by atoms with Crippen molar-refractivity contribution < 1.29 is 9.53 Å². The van der Waals surface area contributed by atoms with Gasteiger partial charge in [-0.15, -0.1) is 0 Å². The van der Waals surface area contributed by atoms with Crippen LogP contribution in [0.15, 0.2) is 53.9 Å². The van der Waals surface area contributed by atoms with E-state index in [1.54, 1.807) is 31.2 Å². The number of nitrogens with two attached hydrogens (primary N) is 1. The molecule has 2 rings (SSSR count). The summed E-state index contributed by atoms with van der Waals surface area (Å²) >= 11 is 6.32. The number of anilines is 1. The Labute approximate surface area is 162 Å². The molecule has 0 aliphatic rings. The van der Waals surface area contributed by atoms with Crippen molar-refractivity contribution in [1.82, 2.24) is 4.98 Å².